The summed E-state index contributed by atoms with van der Waals surface area (Å²) >= 11 is 12.3. The van der Waals surface area contributed by atoms with Gasteiger partial charge in [0, 0.05) is 11.2 Å². The van der Waals surface area contributed by atoms with Crippen molar-refractivity contribution in [3.05, 3.63) is 68.7 Å². The fraction of sp³-hybridized carbons (Fsp3) is 0.300. The Kier molecular flexibility index (Phi) is 6.50. The molecule has 0 aliphatic carbocycles. The third kappa shape index (κ3) is 3.53. The van der Waals surface area contributed by atoms with Crippen LogP contribution in [0.3, 0.4) is 0 Å². The number of aryl methyl sites for hydroxylation is 2. The van der Waals surface area contributed by atoms with Crippen LogP contribution in [0, 0.1) is 13.8 Å². The molecule has 0 N–H and O–H groups in total. The summed E-state index contributed by atoms with van der Waals surface area (Å²) in [5, 5.41) is 0.195. The number of benzene rings is 2. The van der Waals surface area contributed by atoms with E-state index in [1.807, 2.05) is 6.07 Å². The number of halogens is 2. The molecule has 26 heavy (non-hydrogen) atoms. The van der Waals surface area contributed by atoms with Crippen molar-refractivity contribution in [3.8, 4) is 0 Å². The third-order valence-corrected chi connectivity index (χ3v) is 8.58. The summed E-state index contributed by atoms with van der Waals surface area (Å²) in [7, 11) is -3.99. The maximum atomic E-state index is 13.9. The van der Waals surface area contributed by atoms with E-state index in [1.54, 1.807) is 45.9 Å². The van der Waals surface area contributed by atoms with Gasteiger partial charge in [-0.25, -0.2) is 0 Å². The number of carbonyl (C=O) groups is 2. The van der Waals surface area contributed by atoms with Gasteiger partial charge >= 0.3 is 0 Å². The molecule has 2 rings (SSSR count). The summed E-state index contributed by atoms with van der Waals surface area (Å²) in [6.07, 6.45) is 0.418. The first-order valence-corrected chi connectivity index (χ1v) is 10.9. The molecular weight excluding hydrogens is 390 g/mol. The largest absolute Gasteiger partial charge is 0.306 e. The van der Waals surface area contributed by atoms with Crippen molar-refractivity contribution in [3.63, 3.8) is 0 Å². The molecule has 0 aliphatic rings. The number of rotatable bonds is 6. The Labute approximate surface area is 164 Å². The molecular formula is C20H21Cl2O3P. The van der Waals surface area contributed by atoms with Crippen LogP contribution in [0.2, 0.25) is 10.0 Å². The van der Waals surface area contributed by atoms with Crippen molar-refractivity contribution in [2.75, 3.05) is 0 Å². The molecule has 0 aromatic heterocycles. The molecule has 6 heteroatoms. The van der Waals surface area contributed by atoms with Crippen molar-refractivity contribution in [2.24, 2.45) is 0 Å². The van der Waals surface area contributed by atoms with Crippen LogP contribution in [-0.2, 0) is 4.57 Å². The summed E-state index contributed by atoms with van der Waals surface area (Å²) in [5.41, 5.74) is -0.327. The van der Waals surface area contributed by atoms with Gasteiger partial charge in [-0.1, -0.05) is 61.3 Å². The van der Waals surface area contributed by atoms with Crippen LogP contribution in [0.15, 0.2) is 36.4 Å². The van der Waals surface area contributed by atoms with Crippen LogP contribution in [0.25, 0.3) is 0 Å². The van der Waals surface area contributed by atoms with Gasteiger partial charge in [0.05, 0.1) is 15.6 Å². The minimum atomic E-state index is -3.99. The van der Waals surface area contributed by atoms with Gasteiger partial charge in [-0.15, -0.1) is 0 Å². The average molecular weight is 411 g/mol. The molecule has 0 radical (unpaired) electrons. The highest BCUT2D eigenvalue weighted by atomic mass is 35.5. The summed E-state index contributed by atoms with van der Waals surface area (Å²) in [6.45, 7) is 7.01. The van der Waals surface area contributed by atoms with Crippen molar-refractivity contribution in [1.82, 2.24) is 0 Å². The van der Waals surface area contributed by atoms with Crippen LogP contribution < -0.4 is 0 Å². The smallest absolute Gasteiger partial charge is 0.232 e. The maximum absolute atomic E-state index is 13.9. The summed E-state index contributed by atoms with van der Waals surface area (Å²) in [5.74, 6) is 0. The van der Waals surface area contributed by atoms with Crippen LogP contribution in [0.5, 0.6) is 0 Å². The second-order valence-electron chi connectivity index (χ2n) is 6.39. The van der Waals surface area contributed by atoms with Gasteiger partial charge < -0.3 is 4.57 Å². The molecule has 2 unspecified atom stereocenters. The fourth-order valence-corrected chi connectivity index (χ4v) is 6.39. The molecule has 0 amide bonds. The molecule has 2 atom stereocenters. The molecule has 0 heterocycles. The lowest BCUT2D eigenvalue weighted by atomic mass is 10.0. The van der Waals surface area contributed by atoms with Gasteiger partial charge in [-0.05, 0) is 43.5 Å². The molecule has 0 aliphatic heterocycles. The Morgan fingerprint density at radius 1 is 0.923 bits per heavy atom. The van der Waals surface area contributed by atoms with Gasteiger partial charge in [0.15, 0.2) is 0 Å². The molecule has 0 saturated heterocycles. The van der Waals surface area contributed by atoms with E-state index >= 15 is 0 Å². The van der Waals surface area contributed by atoms with E-state index in [0.717, 1.165) is 0 Å². The molecule has 0 saturated carbocycles. The van der Waals surface area contributed by atoms with E-state index in [1.165, 1.54) is 12.1 Å². The molecule has 0 spiro atoms. The highest BCUT2D eigenvalue weighted by Gasteiger charge is 2.46. The minimum absolute atomic E-state index is 0.0425. The van der Waals surface area contributed by atoms with E-state index < -0.39 is 23.8 Å². The lowest BCUT2D eigenvalue weighted by Crippen LogP contribution is -2.21. The van der Waals surface area contributed by atoms with Gasteiger partial charge in [0.1, 0.15) is 0 Å². The Morgan fingerprint density at radius 3 is 1.81 bits per heavy atom. The lowest BCUT2D eigenvalue weighted by Gasteiger charge is -2.24. The van der Waals surface area contributed by atoms with Crippen LogP contribution >= 0.6 is 30.3 Å². The van der Waals surface area contributed by atoms with E-state index in [0.29, 0.717) is 23.1 Å². The molecule has 2 aromatic carbocycles. The Bertz CT molecular complexity index is 813. The highest BCUT2D eigenvalue weighted by molar-refractivity contribution is 7.96. The molecule has 138 valence electrons. The first-order chi connectivity index (χ1) is 12.2. The Morgan fingerprint density at radius 2 is 1.35 bits per heavy atom. The van der Waals surface area contributed by atoms with Crippen molar-refractivity contribution in [2.45, 2.75) is 39.8 Å². The van der Waals surface area contributed by atoms with E-state index in [4.69, 9.17) is 23.2 Å². The van der Waals surface area contributed by atoms with Gasteiger partial charge in [0.25, 0.3) is 0 Å². The zero-order valence-corrected chi connectivity index (χ0v) is 17.6. The monoisotopic (exact) mass is 410 g/mol. The molecule has 2 aromatic rings. The molecule has 0 bridgehead atoms. The van der Waals surface area contributed by atoms with E-state index in [-0.39, 0.29) is 15.6 Å². The Hall–Kier alpha value is -1.41. The fourth-order valence-electron chi connectivity index (χ4n) is 2.94. The maximum Gasteiger partial charge on any atom is 0.232 e. The Balaban J connectivity index is 2.72. The summed E-state index contributed by atoms with van der Waals surface area (Å²) in [6, 6.07) is 9.98. The van der Waals surface area contributed by atoms with Crippen molar-refractivity contribution in [1.29, 1.82) is 0 Å². The highest BCUT2D eigenvalue weighted by Crippen LogP contribution is 2.58. The van der Waals surface area contributed by atoms with Crippen LogP contribution in [-0.4, -0.2) is 16.7 Å². The normalized spacial score (nSPS) is 14.5. The van der Waals surface area contributed by atoms with Gasteiger partial charge in [0.2, 0.25) is 18.2 Å². The van der Waals surface area contributed by atoms with E-state index in [2.05, 4.69) is 0 Å². The van der Waals surface area contributed by atoms with Gasteiger partial charge in [-0.3, -0.25) is 9.59 Å². The van der Waals surface area contributed by atoms with Gasteiger partial charge in [-0.2, -0.15) is 0 Å². The lowest BCUT2D eigenvalue weighted by molar-refractivity contribution is 0.103. The first kappa shape index (κ1) is 20.9. The second-order valence-corrected chi connectivity index (χ2v) is 10.2. The SMILES string of the molecule is CCC(C)P(=O)(C(=O)c1c(C)cccc1C)C(=O)c1c(Cl)cccc1Cl. The average Bonchev–Trinajstić information content (AvgIpc) is 2.59. The molecule has 0 fully saturated rings. The predicted octanol–water partition coefficient (Wildman–Crippen LogP) is 6.75. The number of hydrogen-bond donors (Lipinski definition) is 0. The second kappa shape index (κ2) is 8.08. The zero-order chi connectivity index (χ0) is 19.6. The third-order valence-electron chi connectivity index (χ3n) is 4.69. The molecule has 3 nitrogen and oxygen atoms in total. The first-order valence-electron chi connectivity index (χ1n) is 8.35. The standard InChI is InChI=1S/C20H21Cl2O3P/c1-5-14(4)26(25,19(23)17-12(2)8-6-9-13(17)3)20(24)18-15(21)10-7-11-16(18)22/h6-11,14H,5H2,1-4H3. The number of carbonyl (C=O) groups excluding carboxylic acids is 2. The van der Waals surface area contributed by atoms with Crippen molar-refractivity contribution < 1.29 is 14.2 Å². The number of hydrogen-bond acceptors (Lipinski definition) is 3. The quantitative estimate of drug-likeness (QED) is 0.494. The van der Waals surface area contributed by atoms with Crippen molar-refractivity contribution >= 4 is 41.4 Å². The summed E-state index contributed by atoms with van der Waals surface area (Å²) in [4.78, 5) is 26.7. The van der Waals surface area contributed by atoms with E-state index in [9.17, 15) is 14.2 Å². The zero-order valence-electron chi connectivity index (χ0n) is 15.2. The van der Waals surface area contributed by atoms with Crippen LogP contribution in [0.1, 0.15) is 52.1 Å². The minimum Gasteiger partial charge on any atom is -0.306 e. The van der Waals surface area contributed by atoms with Crippen LogP contribution in [0.4, 0.5) is 0 Å². The topological polar surface area (TPSA) is 51.2 Å². The summed E-state index contributed by atoms with van der Waals surface area (Å²) < 4.78 is 13.9. The predicted molar refractivity (Wildman–Crippen MR) is 108 cm³/mol.